The number of Topliss-reactive ketones (excluding diaryl/α,β-unsaturated/α-hetero) is 1. The van der Waals surface area contributed by atoms with Gasteiger partial charge in [0.15, 0.2) is 5.78 Å². The van der Waals surface area contributed by atoms with Crippen LogP contribution in [-0.2, 0) is 17.8 Å². The number of ether oxygens (including phenoxy) is 1. The maximum absolute atomic E-state index is 11.7. The van der Waals surface area contributed by atoms with Crippen LogP contribution in [-0.4, -0.2) is 80.2 Å². The van der Waals surface area contributed by atoms with Gasteiger partial charge in [0.2, 0.25) is 0 Å². The summed E-state index contributed by atoms with van der Waals surface area (Å²) < 4.78 is 6.34. The van der Waals surface area contributed by atoms with Crippen molar-refractivity contribution in [2.75, 3.05) is 0 Å². The van der Waals surface area contributed by atoms with Crippen LogP contribution in [0.25, 0.3) is 6.08 Å². The number of thiocarbonyl (C=S) groups is 1. The number of benzene rings is 2. The summed E-state index contributed by atoms with van der Waals surface area (Å²) >= 11 is 6.23. The molecule has 5 nitrogen and oxygen atoms in total. The van der Waals surface area contributed by atoms with Crippen molar-refractivity contribution in [1.82, 2.24) is 5.32 Å². The van der Waals surface area contributed by atoms with Crippen LogP contribution >= 0.6 is 24.0 Å². The number of carbonyl (C=O) groups is 2. The summed E-state index contributed by atoms with van der Waals surface area (Å²) in [5, 5.41) is 13.0. The fourth-order valence-corrected chi connectivity index (χ4v) is 4.06. The van der Waals surface area contributed by atoms with Gasteiger partial charge in [-0.2, -0.15) is 0 Å². The summed E-state index contributed by atoms with van der Waals surface area (Å²) in [7, 11) is 0. The molecule has 0 atom stereocenters. The molecule has 1 saturated heterocycles. The Morgan fingerprint density at radius 2 is 1.87 bits per heavy atom. The van der Waals surface area contributed by atoms with Crippen molar-refractivity contribution >= 4 is 105 Å². The molecular weight excluding hydrogens is 452 g/mol. The molecule has 2 aromatic carbocycles. The molecule has 31 heavy (non-hydrogen) atoms. The largest absolute Gasteiger partial charge is 0.507 e. The van der Waals surface area contributed by atoms with E-state index in [1.807, 2.05) is 37.3 Å². The predicted molar refractivity (Wildman–Crippen MR) is 131 cm³/mol. The number of aromatic hydroxyl groups is 1. The monoisotopic (exact) mass is 473 g/mol. The van der Waals surface area contributed by atoms with E-state index in [0.29, 0.717) is 27.0 Å². The smallest absolute Gasteiger partial charge is 0.263 e. The van der Waals surface area contributed by atoms with Crippen LogP contribution in [0.15, 0.2) is 41.3 Å². The molecular formula is C22H21NNa2O4S2. The molecule has 3 rings (SSSR count). The van der Waals surface area contributed by atoms with Gasteiger partial charge in [-0.25, -0.2) is 0 Å². The molecule has 0 bridgehead atoms. The van der Waals surface area contributed by atoms with E-state index in [2.05, 4.69) is 5.32 Å². The van der Waals surface area contributed by atoms with Crippen LogP contribution in [0, 0.1) is 0 Å². The number of thioether (sulfide) groups is 1. The fraction of sp³-hybridized carbons (Fsp3) is 0.227. The van der Waals surface area contributed by atoms with Crippen LogP contribution in [0.2, 0.25) is 0 Å². The van der Waals surface area contributed by atoms with Gasteiger partial charge >= 0.3 is 0 Å². The Bertz CT molecular complexity index is 1010. The molecule has 152 valence electrons. The van der Waals surface area contributed by atoms with Crippen LogP contribution in [0.3, 0.4) is 0 Å². The van der Waals surface area contributed by atoms with Crippen molar-refractivity contribution in [2.24, 2.45) is 0 Å². The standard InChI is InChI=1S/C22H21NO4S2.2Na/c1-3-4-18-15(7-10-17(13(2)24)20(18)25)12-27-16-8-5-14(6-9-16)11-19-21(26)23-22(28)29-19;;/h5-11,25H,3-4,12H2,1-2H3,(H,23,26,28);;. The number of amides is 1. The van der Waals surface area contributed by atoms with Gasteiger partial charge in [0, 0.05) is 64.7 Å². The molecule has 1 aliphatic rings. The zero-order valence-electron chi connectivity index (χ0n) is 18.2. The van der Waals surface area contributed by atoms with E-state index >= 15 is 0 Å². The molecule has 0 saturated carbocycles. The number of carbonyl (C=O) groups excluding carboxylic acids is 2. The van der Waals surface area contributed by atoms with Gasteiger partial charge in [-0.1, -0.05) is 55.5 Å². The predicted octanol–water partition coefficient (Wildman–Crippen LogP) is 3.85. The Labute approximate surface area is 236 Å². The van der Waals surface area contributed by atoms with Gasteiger partial charge < -0.3 is 15.2 Å². The summed E-state index contributed by atoms with van der Waals surface area (Å²) in [5.74, 6) is 0.376. The fourth-order valence-electron chi connectivity index (χ4n) is 3.02. The third-order valence-corrected chi connectivity index (χ3v) is 5.64. The molecule has 1 heterocycles. The van der Waals surface area contributed by atoms with E-state index in [-0.39, 0.29) is 83.2 Å². The number of hydrogen-bond donors (Lipinski definition) is 2. The molecule has 1 fully saturated rings. The zero-order chi connectivity index (χ0) is 21.0. The number of hydrogen-bond acceptors (Lipinski definition) is 6. The summed E-state index contributed by atoms with van der Waals surface area (Å²) in [4.78, 5) is 24.0. The SMILES string of the molecule is CCCc1c(COc2ccc(C=C3SC(=S)NC3=O)cc2)ccc(C(C)=O)c1O.[Na].[Na]. The van der Waals surface area contributed by atoms with Gasteiger partial charge in [0.1, 0.15) is 22.4 Å². The van der Waals surface area contributed by atoms with Crippen molar-refractivity contribution < 1.29 is 19.4 Å². The molecule has 1 amide bonds. The van der Waals surface area contributed by atoms with Gasteiger partial charge in [-0.15, -0.1) is 0 Å². The molecule has 2 aromatic rings. The van der Waals surface area contributed by atoms with Gasteiger partial charge in [-0.3, -0.25) is 9.59 Å². The van der Waals surface area contributed by atoms with E-state index in [4.69, 9.17) is 17.0 Å². The average molecular weight is 474 g/mol. The molecule has 2 N–H and O–H groups in total. The number of rotatable bonds is 7. The molecule has 9 heteroatoms. The van der Waals surface area contributed by atoms with E-state index in [9.17, 15) is 14.7 Å². The second kappa shape index (κ2) is 13.2. The van der Waals surface area contributed by atoms with Gasteiger partial charge in [-0.05, 0) is 48.7 Å². The summed E-state index contributed by atoms with van der Waals surface area (Å²) in [5.41, 5.74) is 2.81. The zero-order valence-corrected chi connectivity index (χ0v) is 23.8. The first-order valence-electron chi connectivity index (χ1n) is 9.21. The first-order valence-corrected chi connectivity index (χ1v) is 10.4. The first-order chi connectivity index (χ1) is 13.9. The van der Waals surface area contributed by atoms with Gasteiger partial charge in [0.25, 0.3) is 5.91 Å². The summed E-state index contributed by atoms with van der Waals surface area (Å²) in [6.07, 6.45) is 3.29. The third-order valence-electron chi connectivity index (χ3n) is 4.47. The number of phenolic OH excluding ortho intramolecular Hbond substituents is 1. The van der Waals surface area contributed by atoms with Crippen LogP contribution < -0.4 is 10.1 Å². The van der Waals surface area contributed by atoms with Crippen molar-refractivity contribution in [3.8, 4) is 11.5 Å². The average Bonchev–Trinajstić information content (AvgIpc) is 3.00. The molecule has 1 aliphatic heterocycles. The van der Waals surface area contributed by atoms with E-state index in [1.54, 1.807) is 12.1 Å². The molecule has 0 spiro atoms. The molecule has 0 unspecified atom stereocenters. The third kappa shape index (κ3) is 7.44. The second-order valence-corrected chi connectivity index (χ2v) is 8.33. The maximum Gasteiger partial charge on any atom is 0.263 e. The Balaban J connectivity index is 0.00000240. The van der Waals surface area contributed by atoms with Crippen molar-refractivity contribution in [3.05, 3.63) is 63.6 Å². The normalized spacial score (nSPS) is 13.9. The molecule has 0 aliphatic carbocycles. The summed E-state index contributed by atoms with van der Waals surface area (Å²) in [6.45, 7) is 3.75. The van der Waals surface area contributed by atoms with Crippen molar-refractivity contribution in [3.63, 3.8) is 0 Å². The number of nitrogens with one attached hydrogen (secondary N) is 1. The van der Waals surface area contributed by atoms with Crippen LogP contribution in [0.5, 0.6) is 11.5 Å². The molecule has 0 aromatic heterocycles. The van der Waals surface area contributed by atoms with Crippen LogP contribution in [0.4, 0.5) is 0 Å². The Morgan fingerprint density at radius 3 is 2.42 bits per heavy atom. The van der Waals surface area contributed by atoms with E-state index in [0.717, 1.165) is 23.1 Å². The number of phenols is 1. The first kappa shape index (κ1) is 28.4. The topological polar surface area (TPSA) is 75.6 Å². The van der Waals surface area contributed by atoms with Gasteiger partial charge in [0.05, 0.1) is 10.5 Å². The second-order valence-electron chi connectivity index (χ2n) is 6.62. The van der Waals surface area contributed by atoms with Crippen molar-refractivity contribution in [2.45, 2.75) is 33.3 Å². The van der Waals surface area contributed by atoms with E-state index in [1.165, 1.54) is 18.7 Å². The van der Waals surface area contributed by atoms with E-state index < -0.39 is 0 Å². The Morgan fingerprint density at radius 1 is 1.19 bits per heavy atom. The number of ketones is 1. The summed E-state index contributed by atoms with van der Waals surface area (Å²) in [6, 6.07) is 10.8. The minimum absolute atomic E-state index is 0. The molecule has 2 radical (unpaired) electrons. The minimum Gasteiger partial charge on any atom is -0.507 e. The Kier molecular flexibility index (Phi) is 12.1. The minimum atomic E-state index is -0.183. The van der Waals surface area contributed by atoms with Crippen molar-refractivity contribution in [1.29, 1.82) is 0 Å². The quantitative estimate of drug-likeness (QED) is 0.275. The maximum atomic E-state index is 11.7. The Hall–Kier alpha value is -0.640. The van der Waals surface area contributed by atoms with Crippen LogP contribution in [0.1, 0.15) is 47.3 Å².